The first-order chi connectivity index (χ1) is 12.9. The Balaban J connectivity index is 0.00000392. The van der Waals surface area contributed by atoms with E-state index in [2.05, 4.69) is 5.32 Å². The average Bonchev–Trinajstić information content (AvgIpc) is 2.67. The van der Waals surface area contributed by atoms with Crippen molar-refractivity contribution in [1.82, 2.24) is 5.32 Å². The molecule has 2 aromatic rings. The number of nitrogen functional groups attached to an aromatic ring is 1. The Morgan fingerprint density at radius 1 is 1.11 bits per heavy atom. The van der Waals surface area contributed by atoms with Gasteiger partial charge in [0.1, 0.15) is 11.6 Å². The summed E-state index contributed by atoms with van der Waals surface area (Å²) < 4.78 is 10.2. The normalized spacial score (nSPS) is 10.9. The molecule has 0 saturated carbocycles. The van der Waals surface area contributed by atoms with E-state index in [-0.39, 0.29) is 42.1 Å². The number of halogens is 1. The number of rotatable bonds is 8. The lowest BCUT2D eigenvalue weighted by Crippen LogP contribution is -2.45. The Hall–Kier alpha value is -2.62. The van der Waals surface area contributed by atoms with Crippen LogP contribution in [0.15, 0.2) is 48.5 Å². The molecule has 0 bridgehead atoms. The van der Waals surface area contributed by atoms with Crippen molar-refractivity contribution < 1.29 is 19.1 Å². The Labute approximate surface area is 181 Å². The van der Waals surface area contributed by atoms with E-state index < -0.39 is 12.2 Å². The lowest BCUT2D eigenvalue weighted by Gasteiger charge is -2.18. The van der Waals surface area contributed by atoms with Crippen LogP contribution in [0.2, 0.25) is 0 Å². The van der Waals surface area contributed by atoms with Crippen LogP contribution in [0, 0.1) is 12.3 Å². The molecule has 0 fully saturated rings. The predicted octanol–water partition coefficient (Wildman–Crippen LogP) is 2.52. The molecule has 28 heavy (non-hydrogen) atoms. The minimum absolute atomic E-state index is 0. The third-order valence-corrected chi connectivity index (χ3v) is 3.89. The van der Waals surface area contributed by atoms with E-state index in [4.69, 9.17) is 20.6 Å². The third-order valence-electron chi connectivity index (χ3n) is 3.89. The van der Waals surface area contributed by atoms with Crippen LogP contribution in [0.1, 0.15) is 23.1 Å². The van der Waals surface area contributed by atoms with Crippen molar-refractivity contribution in [2.45, 2.75) is 26.0 Å². The zero-order chi connectivity index (χ0) is 19.8. The second kappa shape index (κ2) is 11.3. The largest absolute Gasteiger partial charge is 0.465 e. The molecule has 0 aromatic heterocycles. The Kier molecular flexibility index (Phi) is 9.43. The molecule has 0 spiro atoms. The van der Waals surface area contributed by atoms with Crippen molar-refractivity contribution in [3.8, 4) is 5.75 Å². The summed E-state index contributed by atoms with van der Waals surface area (Å²) in [6.07, 6.45) is -0.572. The molecule has 1 atom stereocenters. The van der Waals surface area contributed by atoms with E-state index in [1.165, 1.54) is 7.11 Å². The van der Waals surface area contributed by atoms with Crippen LogP contribution in [0.25, 0.3) is 0 Å². The third kappa shape index (κ3) is 7.18. The minimum atomic E-state index is -1.22. The number of hydrogen-bond donors (Lipinski definition) is 3. The van der Waals surface area contributed by atoms with Crippen molar-refractivity contribution in [2.75, 3.05) is 7.11 Å². The van der Waals surface area contributed by atoms with Crippen molar-refractivity contribution in [2.24, 2.45) is 5.73 Å². The van der Waals surface area contributed by atoms with Gasteiger partial charge in [0.15, 0.2) is 0 Å². The smallest absolute Gasteiger partial charge is 0.368 e. The van der Waals surface area contributed by atoms with E-state index >= 15 is 0 Å². The summed E-state index contributed by atoms with van der Waals surface area (Å²) in [4.78, 5) is 24.1. The number of benzene rings is 2. The Morgan fingerprint density at radius 2 is 1.71 bits per heavy atom. The van der Waals surface area contributed by atoms with Crippen LogP contribution < -0.4 is 15.8 Å². The summed E-state index contributed by atoms with van der Waals surface area (Å²) in [7, 11) is 1.23. The molecule has 1 unspecified atom stereocenters. The number of aryl methyl sites for hydroxylation is 2. The maximum absolute atomic E-state index is 12.2. The van der Waals surface area contributed by atoms with Gasteiger partial charge in [0.2, 0.25) is 5.91 Å². The van der Waals surface area contributed by atoms with Gasteiger partial charge in [-0.2, -0.15) is 0 Å². The van der Waals surface area contributed by atoms with E-state index in [0.29, 0.717) is 17.7 Å². The lowest BCUT2D eigenvalue weighted by molar-refractivity contribution is -0.152. The molecule has 0 aliphatic carbocycles. The zero-order valence-corrected chi connectivity index (χ0v) is 18.1. The number of hydrogen-bond acceptors (Lipinski definition) is 5. The number of amides is 1. The maximum Gasteiger partial charge on any atom is 0.368 e. The molecular weight excluding hydrogens is 473 g/mol. The number of carbonyl (C=O) groups excluding carboxylic acids is 2. The highest BCUT2D eigenvalue weighted by Gasteiger charge is 2.23. The predicted molar refractivity (Wildman–Crippen MR) is 117 cm³/mol. The second-order valence-electron chi connectivity index (χ2n) is 6.01. The van der Waals surface area contributed by atoms with Crippen molar-refractivity contribution in [3.05, 3.63) is 65.2 Å². The first-order valence-corrected chi connectivity index (χ1v) is 8.43. The molecule has 1 amide bonds. The quantitative estimate of drug-likeness (QED) is 0.171. The minimum Gasteiger partial charge on any atom is -0.465 e. The Morgan fingerprint density at radius 3 is 2.25 bits per heavy atom. The molecule has 2 rings (SSSR count). The summed E-state index contributed by atoms with van der Waals surface area (Å²) in [5, 5.41) is 9.91. The summed E-state index contributed by atoms with van der Waals surface area (Å²) in [6, 6.07) is 14.2. The highest BCUT2D eigenvalue weighted by molar-refractivity contribution is 14.0. The number of ether oxygens (including phenoxy) is 2. The number of nitrogens with one attached hydrogen (secondary N) is 2. The van der Waals surface area contributed by atoms with Crippen LogP contribution in [0.3, 0.4) is 0 Å². The Bertz CT molecular complexity index is 807. The molecular formula is C20H24IN3O4. The van der Waals surface area contributed by atoms with Gasteiger partial charge in [-0.05, 0) is 31.0 Å². The van der Waals surface area contributed by atoms with Gasteiger partial charge in [-0.25, -0.2) is 4.79 Å². The van der Waals surface area contributed by atoms with Gasteiger partial charge in [0.25, 0.3) is 6.23 Å². The summed E-state index contributed by atoms with van der Waals surface area (Å²) >= 11 is 0. The fraction of sp³-hybridized carbons (Fsp3) is 0.250. The van der Waals surface area contributed by atoms with Crippen LogP contribution in [-0.4, -0.2) is 31.0 Å². The van der Waals surface area contributed by atoms with Gasteiger partial charge < -0.3 is 20.5 Å². The number of amidine groups is 1. The van der Waals surface area contributed by atoms with Gasteiger partial charge in [0, 0.05) is 12.0 Å². The summed E-state index contributed by atoms with van der Waals surface area (Å²) in [6.45, 7) is 1.94. The molecule has 150 valence electrons. The fourth-order valence-corrected chi connectivity index (χ4v) is 2.32. The number of esters is 1. The first-order valence-electron chi connectivity index (χ1n) is 8.43. The molecule has 2 aromatic carbocycles. The van der Waals surface area contributed by atoms with E-state index in [0.717, 1.165) is 11.1 Å². The second-order valence-corrected chi connectivity index (χ2v) is 6.01. The van der Waals surface area contributed by atoms with Gasteiger partial charge in [0.05, 0.1) is 7.11 Å². The van der Waals surface area contributed by atoms with Crippen LogP contribution in [0.4, 0.5) is 0 Å². The lowest BCUT2D eigenvalue weighted by atomic mass is 10.1. The first kappa shape index (κ1) is 23.4. The monoisotopic (exact) mass is 497 g/mol. The summed E-state index contributed by atoms with van der Waals surface area (Å²) in [5.74, 6) is -0.576. The molecule has 0 saturated heterocycles. The van der Waals surface area contributed by atoms with E-state index in [1.807, 2.05) is 31.2 Å². The molecule has 4 N–H and O–H groups in total. The standard InChI is InChI=1S/C20H23N3O4.HI/c1-13-3-10-16(11-4-13)27-19(20(25)26-2)23-17(24)12-7-14-5-8-15(9-6-14)18(21)22;/h3-6,8-11,19H,7,12H2,1-2H3,(H3,21,22)(H,23,24);1H. The van der Waals surface area contributed by atoms with E-state index in [1.54, 1.807) is 24.3 Å². The molecule has 7 nitrogen and oxygen atoms in total. The molecule has 0 aliphatic rings. The molecule has 0 radical (unpaired) electrons. The number of carbonyl (C=O) groups is 2. The average molecular weight is 497 g/mol. The highest BCUT2D eigenvalue weighted by atomic mass is 127. The van der Waals surface area contributed by atoms with Crippen molar-refractivity contribution >= 4 is 41.7 Å². The van der Waals surface area contributed by atoms with Gasteiger partial charge in [-0.15, -0.1) is 24.0 Å². The van der Waals surface area contributed by atoms with Crippen molar-refractivity contribution in [3.63, 3.8) is 0 Å². The van der Waals surface area contributed by atoms with Gasteiger partial charge in [-0.3, -0.25) is 10.2 Å². The van der Waals surface area contributed by atoms with E-state index in [9.17, 15) is 9.59 Å². The number of nitrogens with two attached hydrogens (primary N) is 1. The SMILES string of the molecule is COC(=O)C(NC(=O)CCc1ccc(C(=N)N)cc1)Oc1ccc(C)cc1.I. The van der Waals surface area contributed by atoms with Crippen LogP contribution in [0.5, 0.6) is 5.75 Å². The van der Waals surface area contributed by atoms with Crippen LogP contribution in [-0.2, 0) is 20.7 Å². The summed E-state index contributed by atoms with van der Waals surface area (Å²) in [5.41, 5.74) is 8.01. The topological polar surface area (TPSA) is 114 Å². The van der Waals surface area contributed by atoms with Crippen LogP contribution >= 0.6 is 24.0 Å². The van der Waals surface area contributed by atoms with Gasteiger partial charge >= 0.3 is 5.97 Å². The number of methoxy groups -OCH3 is 1. The highest BCUT2D eigenvalue weighted by Crippen LogP contribution is 2.13. The zero-order valence-electron chi connectivity index (χ0n) is 15.7. The molecule has 0 aliphatic heterocycles. The van der Waals surface area contributed by atoms with Gasteiger partial charge in [-0.1, -0.05) is 42.0 Å². The van der Waals surface area contributed by atoms with Crippen molar-refractivity contribution in [1.29, 1.82) is 5.41 Å². The fourth-order valence-electron chi connectivity index (χ4n) is 2.32. The molecule has 0 heterocycles. The maximum atomic E-state index is 12.2. The molecule has 8 heteroatoms.